The summed E-state index contributed by atoms with van der Waals surface area (Å²) in [4.78, 5) is 3.94. The van der Waals surface area contributed by atoms with E-state index in [9.17, 15) is 21.2 Å². The molecule has 11 heteroatoms. The lowest BCUT2D eigenvalue weighted by Crippen LogP contribution is -2.15. The number of sulfone groups is 1. The van der Waals surface area contributed by atoms with Crippen LogP contribution in [0.15, 0.2) is 23.1 Å². The molecule has 0 unspecified atom stereocenters. The largest absolute Gasteiger partial charge is 0.238 e. The summed E-state index contributed by atoms with van der Waals surface area (Å²) in [5.74, 6) is -0.581. The molecule has 1 saturated heterocycles. The average Bonchev–Trinajstić information content (AvgIpc) is 3.00. The molecule has 8 nitrogen and oxygen atoms in total. The Morgan fingerprint density at radius 1 is 1.38 bits per heavy atom. The Morgan fingerprint density at radius 2 is 2.08 bits per heavy atom. The predicted octanol–water partition coefficient (Wildman–Crippen LogP) is 0.264. The SMILES string of the molecule is Cc1nc([C@@H]2CCS(=O)(=O)C2)n(-c2cc(S(N)(=O)=O)ccc2F)n1. The Balaban J connectivity index is 2.15. The van der Waals surface area contributed by atoms with Crippen molar-refractivity contribution >= 4 is 19.9 Å². The topological polar surface area (TPSA) is 125 Å². The van der Waals surface area contributed by atoms with Gasteiger partial charge in [-0.05, 0) is 31.5 Å². The maximum absolute atomic E-state index is 14.2. The van der Waals surface area contributed by atoms with Crippen LogP contribution in [0.5, 0.6) is 0 Å². The molecule has 0 radical (unpaired) electrons. The summed E-state index contributed by atoms with van der Waals surface area (Å²) < 4.78 is 61.8. The van der Waals surface area contributed by atoms with Gasteiger partial charge in [0, 0.05) is 5.92 Å². The van der Waals surface area contributed by atoms with Crippen molar-refractivity contribution in [3.8, 4) is 5.69 Å². The molecule has 0 saturated carbocycles. The number of benzene rings is 1. The number of sulfonamides is 1. The van der Waals surface area contributed by atoms with E-state index in [4.69, 9.17) is 5.14 Å². The first kappa shape index (κ1) is 17.0. The van der Waals surface area contributed by atoms with E-state index in [1.807, 2.05) is 0 Å². The number of hydrogen-bond donors (Lipinski definition) is 1. The molecule has 0 bridgehead atoms. The standard InChI is InChI=1S/C13H15FN4O4S2/c1-8-16-13(9-4-5-23(19,20)7-9)18(17-8)12-6-10(24(15,21)22)2-3-11(12)14/h2-3,6,9H,4-5,7H2,1H3,(H2,15,21,22)/t9-/m1/s1. The lowest BCUT2D eigenvalue weighted by Gasteiger charge is -2.11. The first-order valence-corrected chi connectivity index (χ1v) is 10.4. The van der Waals surface area contributed by atoms with E-state index in [0.29, 0.717) is 18.1 Å². The van der Waals surface area contributed by atoms with Crippen LogP contribution in [0.4, 0.5) is 4.39 Å². The second kappa shape index (κ2) is 5.60. The lowest BCUT2D eigenvalue weighted by molar-refractivity contribution is 0.587. The minimum atomic E-state index is -4.02. The second-order valence-electron chi connectivity index (χ2n) is 5.69. The van der Waals surface area contributed by atoms with Crippen molar-refractivity contribution in [1.29, 1.82) is 0 Å². The van der Waals surface area contributed by atoms with Gasteiger partial charge < -0.3 is 0 Å². The van der Waals surface area contributed by atoms with E-state index < -0.39 is 31.6 Å². The molecule has 0 amide bonds. The highest BCUT2D eigenvalue weighted by Gasteiger charge is 2.33. The zero-order valence-electron chi connectivity index (χ0n) is 12.7. The smallest absolute Gasteiger partial charge is 0.229 e. The van der Waals surface area contributed by atoms with Crippen LogP contribution in [0.25, 0.3) is 5.69 Å². The molecule has 0 spiro atoms. The number of hydrogen-bond acceptors (Lipinski definition) is 6. The highest BCUT2D eigenvalue weighted by atomic mass is 32.2. The highest BCUT2D eigenvalue weighted by Crippen LogP contribution is 2.30. The van der Waals surface area contributed by atoms with Gasteiger partial charge in [-0.3, -0.25) is 0 Å². The first-order chi connectivity index (χ1) is 11.1. The van der Waals surface area contributed by atoms with E-state index in [0.717, 1.165) is 22.9 Å². The Hall–Kier alpha value is -1.85. The first-order valence-electron chi connectivity index (χ1n) is 7.03. The molecule has 1 aromatic carbocycles. The van der Waals surface area contributed by atoms with Crippen molar-refractivity contribution in [2.24, 2.45) is 5.14 Å². The van der Waals surface area contributed by atoms with Gasteiger partial charge in [-0.2, -0.15) is 5.10 Å². The molecular formula is C13H15FN4O4S2. The number of rotatable bonds is 3. The van der Waals surface area contributed by atoms with Gasteiger partial charge in [-0.15, -0.1) is 0 Å². The van der Waals surface area contributed by atoms with Gasteiger partial charge in [0.25, 0.3) is 0 Å². The van der Waals surface area contributed by atoms with E-state index in [2.05, 4.69) is 10.1 Å². The molecule has 1 aliphatic heterocycles. The lowest BCUT2D eigenvalue weighted by atomic mass is 10.1. The molecule has 2 heterocycles. The minimum Gasteiger partial charge on any atom is -0.229 e. The van der Waals surface area contributed by atoms with Gasteiger partial charge in [0.1, 0.15) is 23.2 Å². The summed E-state index contributed by atoms with van der Waals surface area (Å²) in [5, 5.41) is 9.17. The normalized spacial score (nSPS) is 20.4. The summed E-state index contributed by atoms with van der Waals surface area (Å²) >= 11 is 0. The Morgan fingerprint density at radius 3 is 2.67 bits per heavy atom. The van der Waals surface area contributed by atoms with Gasteiger partial charge in [0.15, 0.2) is 9.84 Å². The van der Waals surface area contributed by atoms with Gasteiger partial charge in [-0.1, -0.05) is 0 Å². The molecule has 3 rings (SSSR count). The number of aryl methyl sites for hydroxylation is 1. The van der Waals surface area contributed by atoms with Crippen LogP contribution in [0, 0.1) is 12.7 Å². The van der Waals surface area contributed by atoms with Crippen LogP contribution in [0.1, 0.15) is 24.0 Å². The number of nitrogens with zero attached hydrogens (tertiary/aromatic N) is 3. The van der Waals surface area contributed by atoms with Crippen LogP contribution in [-0.4, -0.2) is 43.1 Å². The van der Waals surface area contributed by atoms with Gasteiger partial charge in [-0.25, -0.2) is 36.0 Å². The zero-order valence-corrected chi connectivity index (χ0v) is 14.3. The quantitative estimate of drug-likeness (QED) is 0.822. The van der Waals surface area contributed by atoms with E-state index in [-0.39, 0.29) is 22.1 Å². The fourth-order valence-electron chi connectivity index (χ4n) is 2.70. The minimum absolute atomic E-state index is 0.0310. The maximum Gasteiger partial charge on any atom is 0.238 e. The van der Waals surface area contributed by atoms with Crippen molar-refractivity contribution in [2.75, 3.05) is 11.5 Å². The highest BCUT2D eigenvalue weighted by molar-refractivity contribution is 7.91. The Bertz CT molecular complexity index is 1010. The van der Waals surface area contributed by atoms with Crippen molar-refractivity contribution in [3.63, 3.8) is 0 Å². The molecule has 2 N–H and O–H groups in total. The molecular weight excluding hydrogens is 359 g/mol. The molecule has 1 aromatic heterocycles. The van der Waals surface area contributed by atoms with E-state index in [1.54, 1.807) is 6.92 Å². The third-order valence-electron chi connectivity index (χ3n) is 3.81. The van der Waals surface area contributed by atoms with Gasteiger partial charge >= 0.3 is 0 Å². The zero-order chi connectivity index (χ0) is 17.7. The van der Waals surface area contributed by atoms with Gasteiger partial charge in [0.2, 0.25) is 10.0 Å². The summed E-state index contributed by atoms with van der Waals surface area (Å²) in [6.45, 7) is 1.59. The van der Waals surface area contributed by atoms with Crippen molar-refractivity contribution in [2.45, 2.75) is 24.2 Å². The Labute approximate surface area is 138 Å². The fourth-order valence-corrected chi connectivity index (χ4v) is 4.98. The number of halogens is 1. The number of aromatic nitrogens is 3. The third-order valence-corrected chi connectivity index (χ3v) is 6.49. The van der Waals surface area contributed by atoms with Crippen LogP contribution in [0.2, 0.25) is 0 Å². The monoisotopic (exact) mass is 374 g/mol. The molecule has 1 atom stereocenters. The van der Waals surface area contributed by atoms with Gasteiger partial charge in [0.05, 0.1) is 16.4 Å². The molecule has 24 heavy (non-hydrogen) atoms. The predicted molar refractivity (Wildman–Crippen MR) is 83.4 cm³/mol. The van der Waals surface area contributed by atoms with Crippen molar-refractivity contribution < 1.29 is 21.2 Å². The van der Waals surface area contributed by atoms with Crippen LogP contribution in [-0.2, 0) is 19.9 Å². The average molecular weight is 374 g/mol. The maximum atomic E-state index is 14.2. The van der Waals surface area contributed by atoms with Crippen LogP contribution >= 0.6 is 0 Å². The molecule has 0 aliphatic carbocycles. The van der Waals surface area contributed by atoms with Crippen LogP contribution in [0.3, 0.4) is 0 Å². The van der Waals surface area contributed by atoms with Crippen molar-refractivity contribution in [3.05, 3.63) is 35.7 Å². The molecule has 130 valence electrons. The Kier molecular flexibility index (Phi) is 3.97. The van der Waals surface area contributed by atoms with Crippen LogP contribution < -0.4 is 5.14 Å². The number of nitrogens with two attached hydrogens (primary N) is 1. The fraction of sp³-hybridized carbons (Fsp3) is 0.385. The second-order valence-corrected chi connectivity index (χ2v) is 9.48. The summed E-state index contributed by atoms with van der Waals surface area (Å²) in [6.07, 6.45) is 0.358. The number of primary sulfonamides is 1. The molecule has 1 aliphatic rings. The summed E-state index contributed by atoms with van der Waals surface area (Å²) in [7, 11) is -7.18. The third kappa shape index (κ3) is 3.19. The van der Waals surface area contributed by atoms with E-state index >= 15 is 0 Å². The summed E-state index contributed by atoms with van der Waals surface area (Å²) in [5.41, 5.74) is -0.138. The molecule has 2 aromatic rings. The summed E-state index contributed by atoms with van der Waals surface area (Å²) in [6, 6.07) is 3.09. The van der Waals surface area contributed by atoms with Crippen molar-refractivity contribution in [1.82, 2.24) is 14.8 Å². The molecule has 1 fully saturated rings. The van der Waals surface area contributed by atoms with E-state index in [1.165, 1.54) is 0 Å².